The summed E-state index contributed by atoms with van der Waals surface area (Å²) >= 11 is 0. The summed E-state index contributed by atoms with van der Waals surface area (Å²) in [6.45, 7) is 8.82. The summed E-state index contributed by atoms with van der Waals surface area (Å²) in [7, 11) is 1.69. The second-order valence-corrected chi connectivity index (χ2v) is 8.62. The normalized spacial score (nSPS) is 28.2. The summed E-state index contributed by atoms with van der Waals surface area (Å²) in [5.41, 5.74) is 2.73. The summed E-state index contributed by atoms with van der Waals surface area (Å²) in [6.07, 6.45) is 4.78. The van der Waals surface area contributed by atoms with Crippen molar-refractivity contribution in [2.24, 2.45) is 11.3 Å². The zero-order valence-corrected chi connectivity index (χ0v) is 15.6. The van der Waals surface area contributed by atoms with E-state index in [1.54, 1.807) is 7.11 Å². The van der Waals surface area contributed by atoms with Crippen LogP contribution in [0, 0.1) is 11.3 Å². The van der Waals surface area contributed by atoms with Crippen molar-refractivity contribution in [3.8, 4) is 5.75 Å². The highest BCUT2D eigenvalue weighted by molar-refractivity contribution is 5.84. The quantitative estimate of drug-likeness (QED) is 0.856. The minimum absolute atomic E-state index is 0.0677. The molecule has 2 atom stereocenters. The average Bonchev–Trinajstić information content (AvgIpc) is 2.52. The number of aryl methyl sites for hydroxylation is 1. The molecule has 1 saturated carbocycles. The van der Waals surface area contributed by atoms with Crippen LogP contribution < -0.4 is 4.74 Å². The fraction of sp³-hybridized carbons (Fsp3) is 0.667. The first-order valence-electron chi connectivity index (χ1n) is 9.18. The van der Waals surface area contributed by atoms with E-state index in [1.165, 1.54) is 11.1 Å². The number of methoxy groups -OCH3 is 1. The van der Waals surface area contributed by atoms with E-state index in [-0.39, 0.29) is 11.3 Å². The predicted octanol–water partition coefficient (Wildman–Crippen LogP) is 4.91. The van der Waals surface area contributed by atoms with Gasteiger partial charge in [-0.15, -0.1) is 0 Å². The van der Waals surface area contributed by atoms with Crippen molar-refractivity contribution < 1.29 is 14.6 Å². The Balaban J connectivity index is 2.24. The maximum Gasteiger partial charge on any atom is 0.314 e. The van der Waals surface area contributed by atoms with Gasteiger partial charge in [-0.25, -0.2) is 0 Å². The molecule has 0 spiro atoms. The zero-order chi connectivity index (χ0) is 17.7. The molecule has 0 saturated heterocycles. The van der Waals surface area contributed by atoms with Crippen LogP contribution in [0.25, 0.3) is 0 Å². The minimum Gasteiger partial charge on any atom is -0.496 e. The Morgan fingerprint density at radius 3 is 2.58 bits per heavy atom. The number of ether oxygens (including phenoxy) is 1. The van der Waals surface area contributed by atoms with Crippen molar-refractivity contribution in [2.75, 3.05) is 7.11 Å². The van der Waals surface area contributed by atoms with Crippen LogP contribution in [0.5, 0.6) is 5.75 Å². The number of benzene rings is 1. The average molecular weight is 330 g/mol. The first-order chi connectivity index (χ1) is 11.2. The van der Waals surface area contributed by atoms with Gasteiger partial charge in [0.1, 0.15) is 5.75 Å². The van der Waals surface area contributed by atoms with Crippen molar-refractivity contribution >= 4 is 5.97 Å². The lowest BCUT2D eigenvalue weighted by atomic mass is 9.49. The van der Waals surface area contributed by atoms with Gasteiger partial charge in [-0.3, -0.25) is 4.79 Å². The van der Waals surface area contributed by atoms with Crippen molar-refractivity contribution in [1.29, 1.82) is 0 Å². The van der Waals surface area contributed by atoms with Crippen molar-refractivity contribution in [3.05, 3.63) is 28.8 Å². The highest BCUT2D eigenvalue weighted by Crippen LogP contribution is 2.58. The van der Waals surface area contributed by atoms with E-state index in [4.69, 9.17) is 4.74 Å². The third-order valence-corrected chi connectivity index (χ3v) is 6.57. The van der Waals surface area contributed by atoms with Gasteiger partial charge in [0.2, 0.25) is 0 Å². The van der Waals surface area contributed by atoms with Gasteiger partial charge in [0.05, 0.1) is 12.5 Å². The molecule has 0 radical (unpaired) electrons. The SMILES string of the molecule is COc1cc2c(cc1C(C)C)CC[C@@H]1C(C)(C)CCC[C@@]21C(=O)O. The molecule has 0 unspecified atom stereocenters. The Morgan fingerprint density at radius 2 is 2.00 bits per heavy atom. The molecular weight excluding hydrogens is 300 g/mol. The molecule has 0 aromatic heterocycles. The molecule has 0 heterocycles. The number of hydrogen-bond donors (Lipinski definition) is 1. The van der Waals surface area contributed by atoms with E-state index < -0.39 is 11.4 Å². The zero-order valence-electron chi connectivity index (χ0n) is 15.6. The molecule has 0 aliphatic heterocycles. The van der Waals surface area contributed by atoms with Gasteiger partial charge >= 0.3 is 5.97 Å². The standard InChI is InChI=1S/C21H30O3/c1-13(2)15-11-14-7-8-18-20(3,4)9-6-10-21(18,19(22)23)16(14)12-17(15)24-5/h11-13,18H,6-10H2,1-5H3,(H,22,23)/t18-,21-/m1/s1. The summed E-state index contributed by atoms with van der Waals surface area (Å²) in [5.74, 6) is 0.749. The molecule has 0 bridgehead atoms. The number of aliphatic carboxylic acids is 1. The largest absolute Gasteiger partial charge is 0.496 e. The van der Waals surface area contributed by atoms with Crippen LogP contribution in [0.1, 0.15) is 76.0 Å². The van der Waals surface area contributed by atoms with Crippen LogP contribution in [0.3, 0.4) is 0 Å². The number of carboxylic acids is 1. The van der Waals surface area contributed by atoms with Crippen molar-refractivity contribution in [3.63, 3.8) is 0 Å². The molecule has 3 nitrogen and oxygen atoms in total. The Kier molecular flexibility index (Phi) is 4.17. The van der Waals surface area contributed by atoms with Gasteiger partial charge in [-0.1, -0.05) is 40.2 Å². The number of fused-ring (bicyclic) bond motifs is 3. The van der Waals surface area contributed by atoms with Gasteiger partial charge in [-0.2, -0.15) is 0 Å². The third kappa shape index (κ3) is 2.35. The molecular formula is C21H30O3. The van der Waals surface area contributed by atoms with Crippen LogP contribution in [0.2, 0.25) is 0 Å². The molecule has 1 N–H and O–H groups in total. The highest BCUT2D eigenvalue weighted by Gasteiger charge is 2.57. The van der Waals surface area contributed by atoms with Crippen LogP contribution in [-0.2, 0) is 16.6 Å². The molecule has 1 aromatic rings. The number of rotatable bonds is 3. The molecule has 132 valence electrons. The van der Waals surface area contributed by atoms with E-state index in [0.29, 0.717) is 5.92 Å². The fourth-order valence-corrected chi connectivity index (χ4v) is 5.36. The van der Waals surface area contributed by atoms with Gasteiger partial charge in [0, 0.05) is 0 Å². The monoisotopic (exact) mass is 330 g/mol. The third-order valence-electron chi connectivity index (χ3n) is 6.57. The lowest BCUT2D eigenvalue weighted by Gasteiger charge is -2.53. The van der Waals surface area contributed by atoms with Gasteiger partial charge in [0.25, 0.3) is 0 Å². The summed E-state index contributed by atoms with van der Waals surface area (Å²) < 4.78 is 5.64. The minimum atomic E-state index is -0.752. The van der Waals surface area contributed by atoms with Crippen LogP contribution >= 0.6 is 0 Å². The Hall–Kier alpha value is -1.51. The fourth-order valence-electron chi connectivity index (χ4n) is 5.36. The molecule has 3 heteroatoms. The Labute approximate surface area is 145 Å². The topological polar surface area (TPSA) is 46.5 Å². The summed E-state index contributed by atoms with van der Waals surface area (Å²) in [4.78, 5) is 12.5. The molecule has 24 heavy (non-hydrogen) atoms. The molecule has 2 aliphatic carbocycles. The Bertz CT molecular complexity index is 659. The number of carbonyl (C=O) groups is 1. The summed E-state index contributed by atoms with van der Waals surface area (Å²) in [6, 6.07) is 4.26. The van der Waals surface area contributed by atoms with Crippen molar-refractivity contribution in [1.82, 2.24) is 0 Å². The van der Waals surface area contributed by atoms with E-state index >= 15 is 0 Å². The van der Waals surface area contributed by atoms with E-state index in [1.807, 2.05) is 6.07 Å². The predicted molar refractivity (Wildman–Crippen MR) is 95.8 cm³/mol. The molecule has 1 fully saturated rings. The lowest BCUT2D eigenvalue weighted by molar-refractivity contribution is -0.152. The van der Waals surface area contributed by atoms with E-state index in [9.17, 15) is 9.90 Å². The molecule has 3 rings (SSSR count). The first kappa shape index (κ1) is 17.3. The molecule has 1 aromatic carbocycles. The second kappa shape index (κ2) is 5.79. The summed E-state index contributed by atoms with van der Waals surface area (Å²) in [5, 5.41) is 10.3. The van der Waals surface area contributed by atoms with Crippen molar-refractivity contribution in [2.45, 2.75) is 71.1 Å². The first-order valence-corrected chi connectivity index (χ1v) is 9.18. The second-order valence-electron chi connectivity index (χ2n) is 8.62. The van der Waals surface area contributed by atoms with Gasteiger partial charge in [-0.05, 0) is 65.7 Å². The maximum atomic E-state index is 12.5. The van der Waals surface area contributed by atoms with Crippen LogP contribution in [-0.4, -0.2) is 18.2 Å². The lowest BCUT2D eigenvalue weighted by Crippen LogP contribution is -2.54. The van der Waals surface area contributed by atoms with E-state index in [2.05, 4.69) is 33.8 Å². The van der Waals surface area contributed by atoms with Gasteiger partial charge in [0.15, 0.2) is 0 Å². The van der Waals surface area contributed by atoms with Crippen LogP contribution in [0.4, 0.5) is 0 Å². The highest BCUT2D eigenvalue weighted by atomic mass is 16.5. The van der Waals surface area contributed by atoms with Crippen LogP contribution in [0.15, 0.2) is 12.1 Å². The van der Waals surface area contributed by atoms with E-state index in [0.717, 1.165) is 43.4 Å². The smallest absolute Gasteiger partial charge is 0.314 e. The Morgan fingerprint density at radius 1 is 1.29 bits per heavy atom. The maximum absolute atomic E-state index is 12.5. The number of carboxylic acid groups (broad SMARTS) is 1. The molecule has 0 amide bonds. The van der Waals surface area contributed by atoms with Gasteiger partial charge < -0.3 is 9.84 Å². The molecule has 2 aliphatic rings. The number of hydrogen-bond acceptors (Lipinski definition) is 2.